The van der Waals surface area contributed by atoms with E-state index in [1.807, 2.05) is 12.3 Å². The van der Waals surface area contributed by atoms with Crippen molar-refractivity contribution in [2.45, 2.75) is 38.9 Å². The van der Waals surface area contributed by atoms with Crippen molar-refractivity contribution in [2.75, 3.05) is 0 Å². The maximum absolute atomic E-state index is 13.2. The maximum Gasteiger partial charge on any atom is 0.408 e. The minimum absolute atomic E-state index is 0.0238. The highest BCUT2D eigenvalue weighted by Gasteiger charge is 2.49. The van der Waals surface area contributed by atoms with Crippen LogP contribution >= 0.6 is 11.5 Å². The summed E-state index contributed by atoms with van der Waals surface area (Å²) in [5.41, 5.74) is 3.20. The first-order valence-corrected chi connectivity index (χ1v) is 9.23. The van der Waals surface area contributed by atoms with E-state index < -0.39 is 24.0 Å². The molecule has 3 aromatic rings. The van der Waals surface area contributed by atoms with Gasteiger partial charge in [0.2, 0.25) is 0 Å². The van der Waals surface area contributed by atoms with Gasteiger partial charge in [0.1, 0.15) is 11.6 Å². The lowest BCUT2D eigenvalue weighted by Gasteiger charge is -2.20. The molecule has 3 aromatic heterocycles. The van der Waals surface area contributed by atoms with E-state index in [1.54, 1.807) is 13.0 Å². The monoisotopic (exact) mass is 395 g/mol. The molecule has 1 saturated carbocycles. The quantitative estimate of drug-likeness (QED) is 0.734. The number of aromatic nitrogens is 4. The number of carbonyl (C=O) groups is 1. The second-order valence-electron chi connectivity index (χ2n) is 6.72. The van der Waals surface area contributed by atoms with Crippen LogP contribution in [0.2, 0.25) is 0 Å². The molecule has 1 aliphatic carbocycles. The van der Waals surface area contributed by atoms with E-state index in [0.29, 0.717) is 24.2 Å². The Bertz CT molecular complexity index is 1020. The molecule has 0 unspecified atom stereocenters. The number of rotatable bonds is 4. The molecule has 1 N–H and O–H groups in total. The second kappa shape index (κ2) is 6.29. The summed E-state index contributed by atoms with van der Waals surface area (Å²) in [5.74, 6) is -1.37. The molecule has 142 valence electrons. The minimum atomic E-state index is -4.48. The molecule has 1 fully saturated rings. The lowest BCUT2D eigenvalue weighted by Crippen LogP contribution is -2.46. The molecule has 10 heteroatoms. The Balaban J connectivity index is 1.72. The number of alkyl halides is 3. The zero-order valence-electron chi connectivity index (χ0n) is 14.5. The van der Waals surface area contributed by atoms with Crippen LogP contribution in [0.25, 0.3) is 16.9 Å². The molecule has 0 radical (unpaired) electrons. The average Bonchev–Trinajstić information content (AvgIpc) is 3.17. The highest BCUT2D eigenvalue weighted by Crippen LogP contribution is 2.40. The predicted octanol–water partition coefficient (Wildman–Crippen LogP) is 3.54. The van der Waals surface area contributed by atoms with Crippen LogP contribution in [0.4, 0.5) is 13.2 Å². The van der Waals surface area contributed by atoms with Crippen molar-refractivity contribution in [1.82, 2.24) is 24.3 Å². The number of carbonyl (C=O) groups excluding carboxylic acids is 1. The number of amides is 1. The largest absolute Gasteiger partial charge is 0.408 e. The van der Waals surface area contributed by atoms with Gasteiger partial charge < -0.3 is 5.32 Å². The molecule has 1 aliphatic rings. The van der Waals surface area contributed by atoms with Gasteiger partial charge in [0, 0.05) is 16.6 Å². The molecule has 0 aliphatic heterocycles. The van der Waals surface area contributed by atoms with Gasteiger partial charge >= 0.3 is 6.18 Å². The maximum atomic E-state index is 13.2. The third kappa shape index (κ3) is 3.29. The van der Waals surface area contributed by atoms with Crippen LogP contribution < -0.4 is 5.32 Å². The van der Waals surface area contributed by atoms with Crippen LogP contribution in [0, 0.1) is 19.8 Å². The fourth-order valence-electron chi connectivity index (χ4n) is 3.06. The van der Waals surface area contributed by atoms with Gasteiger partial charge in [-0.3, -0.25) is 4.79 Å². The molecule has 6 nitrogen and oxygen atoms in total. The number of nitrogens with one attached hydrogen (secondary N) is 1. The van der Waals surface area contributed by atoms with E-state index in [1.165, 1.54) is 22.2 Å². The number of hydrogen-bond donors (Lipinski definition) is 1. The zero-order chi connectivity index (χ0) is 19.3. The Kier molecular flexibility index (Phi) is 4.17. The normalized spacial score (nSPS) is 15.9. The standard InChI is InChI=1S/C17H16F3N5OS/c1-8-5-13(12-7-27-24-9(12)2)22-15-11(6-21-25(8)15)16(26)23-14(10-3-4-10)17(18,19)20/h5-7,10,14H,3-4H2,1-2H3,(H,23,26)/t14-/m0/s1. The lowest BCUT2D eigenvalue weighted by atomic mass is 10.1. The first-order chi connectivity index (χ1) is 12.8. The lowest BCUT2D eigenvalue weighted by molar-refractivity contribution is -0.158. The third-order valence-corrected chi connectivity index (χ3v) is 5.37. The first-order valence-electron chi connectivity index (χ1n) is 8.40. The Labute approximate surface area is 156 Å². The van der Waals surface area contributed by atoms with Gasteiger partial charge in [-0.15, -0.1) is 0 Å². The van der Waals surface area contributed by atoms with Crippen LogP contribution in [0.1, 0.15) is 34.6 Å². The van der Waals surface area contributed by atoms with Gasteiger partial charge in [0.15, 0.2) is 5.65 Å². The highest BCUT2D eigenvalue weighted by atomic mass is 32.1. The van der Waals surface area contributed by atoms with Crippen molar-refractivity contribution in [3.8, 4) is 11.3 Å². The summed E-state index contributed by atoms with van der Waals surface area (Å²) in [4.78, 5) is 17.0. The predicted molar refractivity (Wildman–Crippen MR) is 93.6 cm³/mol. The van der Waals surface area contributed by atoms with E-state index in [2.05, 4.69) is 19.8 Å². The fourth-order valence-corrected chi connectivity index (χ4v) is 3.77. The van der Waals surface area contributed by atoms with Crippen LogP contribution in [0.15, 0.2) is 17.6 Å². The van der Waals surface area contributed by atoms with E-state index in [4.69, 9.17) is 0 Å². The Morgan fingerprint density at radius 2 is 2.11 bits per heavy atom. The Hall–Kier alpha value is -2.49. The fraction of sp³-hybridized carbons (Fsp3) is 0.412. The van der Waals surface area contributed by atoms with E-state index in [-0.39, 0.29) is 11.2 Å². The molecule has 1 amide bonds. The highest BCUT2D eigenvalue weighted by molar-refractivity contribution is 7.04. The van der Waals surface area contributed by atoms with Crippen molar-refractivity contribution in [3.63, 3.8) is 0 Å². The first kappa shape index (κ1) is 17.9. The van der Waals surface area contributed by atoms with Crippen LogP contribution in [0.5, 0.6) is 0 Å². The van der Waals surface area contributed by atoms with Crippen molar-refractivity contribution in [1.29, 1.82) is 0 Å². The summed E-state index contributed by atoms with van der Waals surface area (Å²) < 4.78 is 45.4. The summed E-state index contributed by atoms with van der Waals surface area (Å²) >= 11 is 1.29. The summed E-state index contributed by atoms with van der Waals surface area (Å²) in [6.07, 6.45) is -2.29. The number of fused-ring (bicyclic) bond motifs is 1. The van der Waals surface area contributed by atoms with E-state index >= 15 is 0 Å². The molecule has 0 spiro atoms. The Morgan fingerprint density at radius 3 is 2.70 bits per heavy atom. The molecule has 1 atom stereocenters. The summed E-state index contributed by atoms with van der Waals surface area (Å²) in [5, 5.41) is 8.09. The van der Waals surface area contributed by atoms with Gasteiger partial charge in [-0.25, -0.2) is 9.50 Å². The second-order valence-corrected chi connectivity index (χ2v) is 7.35. The number of aryl methyl sites for hydroxylation is 2. The molecule has 3 heterocycles. The third-order valence-electron chi connectivity index (χ3n) is 4.65. The van der Waals surface area contributed by atoms with Crippen molar-refractivity contribution < 1.29 is 18.0 Å². The zero-order valence-corrected chi connectivity index (χ0v) is 15.4. The number of halogens is 3. The molecule has 0 aromatic carbocycles. The van der Waals surface area contributed by atoms with Gasteiger partial charge in [0.05, 0.1) is 17.6 Å². The van der Waals surface area contributed by atoms with Gasteiger partial charge in [-0.2, -0.15) is 22.6 Å². The van der Waals surface area contributed by atoms with Gasteiger partial charge in [-0.05, 0) is 50.2 Å². The molecule has 4 rings (SSSR count). The van der Waals surface area contributed by atoms with E-state index in [9.17, 15) is 18.0 Å². The van der Waals surface area contributed by atoms with Crippen LogP contribution in [0.3, 0.4) is 0 Å². The topological polar surface area (TPSA) is 72.2 Å². The smallest absolute Gasteiger partial charge is 0.340 e. The van der Waals surface area contributed by atoms with Gasteiger partial charge in [0.25, 0.3) is 5.91 Å². The molecular weight excluding hydrogens is 379 g/mol. The summed E-state index contributed by atoms with van der Waals surface area (Å²) in [7, 11) is 0. The Morgan fingerprint density at radius 1 is 1.37 bits per heavy atom. The molecule has 27 heavy (non-hydrogen) atoms. The SMILES string of the molecule is Cc1nscc1-c1cc(C)n2ncc(C(=O)N[C@@H](C3CC3)C(F)(F)F)c2n1. The summed E-state index contributed by atoms with van der Waals surface area (Å²) in [6, 6.07) is -0.0336. The molecule has 0 bridgehead atoms. The molecular formula is C17H16F3N5OS. The van der Waals surface area contributed by atoms with Crippen molar-refractivity contribution in [2.24, 2.45) is 5.92 Å². The number of hydrogen-bond acceptors (Lipinski definition) is 5. The van der Waals surface area contributed by atoms with Crippen LogP contribution in [-0.2, 0) is 0 Å². The van der Waals surface area contributed by atoms with Crippen molar-refractivity contribution >= 4 is 23.1 Å². The van der Waals surface area contributed by atoms with Crippen molar-refractivity contribution in [3.05, 3.63) is 34.6 Å². The van der Waals surface area contributed by atoms with E-state index in [0.717, 1.165) is 11.3 Å². The molecule has 0 saturated heterocycles. The minimum Gasteiger partial charge on any atom is -0.340 e. The summed E-state index contributed by atoms with van der Waals surface area (Å²) in [6.45, 7) is 3.64. The number of nitrogens with zero attached hydrogens (tertiary/aromatic N) is 4. The van der Waals surface area contributed by atoms with Crippen LogP contribution in [-0.4, -0.2) is 37.1 Å². The van der Waals surface area contributed by atoms with Gasteiger partial charge in [-0.1, -0.05) is 0 Å². The average molecular weight is 395 g/mol.